The van der Waals surface area contributed by atoms with Crippen molar-refractivity contribution < 1.29 is 9.18 Å². The highest BCUT2D eigenvalue weighted by molar-refractivity contribution is 5.99. The first kappa shape index (κ1) is 15.0. The highest BCUT2D eigenvalue weighted by Gasteiger charge is 2.19. The molecule has 7 nitrogen and oxygen atoms in total. The summed E-state index contributed by atoms with van der Waals surface area (Å²) >= 11 is 0. The topological polar surface area (TPSA) is 92.2 Å². The average molecular weight is 337 g/mol. The van der Waals surface area contributed by atoms with Crippen molar-refractivity contribution in [2.45, 2.75) is 6.54 Å². The van der Waals surface area contributed by atoms with Crippen LogP contribution in [-0.2, 0) is 6.54 Å². The minimum absolute atomic E-state index is 0.0182. The number of H-pyrrole nitrogens is 1. The second-order valence-corrected chi connectivity index (χ2v) is 5.48. The van der Waals surface area contributed by atoms with Crippen LogP contribution < -0.4 is 10.9 Å². The number of rotatable bonds is 3. The van der Waals surface area contributed by atoms with Gasteiger partial charge in [-0.05, 0) is 23.8 Å². The standard InChI is InChI=1S/C17H12FN5O2/c18-11-6-7-13-12(8-11)20-17(25)15-14(21-22-23(13)15)16(24)19-9-10-4-2-1-3-5-10/h1-8H,9H2,(H,19,24)(H,20,25). The summed E-state index contributed by atoms with van der Waals surface area (Å²) in [5, 5.41) is 10.4. The number of halogens is 1. The highest BCUT2D eigenvalue weighted by Crippen LogP contribution is 2.14. The molecule has 0 saturated heterocycles. The maximum Gasteiger partial charge on any atom is 0.277 e. The van der Waals surface area contributed by atoms with Crippen molar-refractivity contribution >= 4 is 22.5 Å². The summed E-state index contributed by atoms with van der Waals surface area (Å²) in [5.74, 6) is -0.991. The van der Waals surface area contributed by atoms with Crippen LogP contribution in [0.4, 0.5) is 4.39 Å². The van der Waals surface area contributed by atoms with E-state index in [4.69, 9.17) is 0 Å². The SMILES string of the molecule is O=C(NCc1ccccc1)c1nnn2c1c(=O)[nH]c1cc(F)ccc12. The summed E-state index contributed by atoms with van der Waals surface area (Å²) < 4.78 is 14.6. The van der Waals surface area contributed by atoms with Gasteiger partial charge < -0.3 is 10.3 Å². The van der Waals surface area contributed by atoms with Crippen molar-refractivity contribution in [2.24, 2.45) is 0 Å². The number of hydrogen-bond donors (Lipinski definition) is 2. The van der Waals surface area contributed by atoms with Gasteiger partial charge in [-0.2, -0.15) is 0 Å². The molecule has 0 aliphatic carbocycles. The van der Waals surface area contributed by atoms with Crippen molar-refractivity contribution in [3.05, 3.63) is 76.0 Å². The molecule has 2 aromatic heterocycles. The molecule has 124 valence electrons. The molecule has 0 unspecified atom stereocenters. The van der Waals surface area contributed by atoms with E-state index in [1.807, 2.05) is 30.3 Å². The zero-order valence-electron chi connectivity index (χ0n) is 12.9. The zero-order chi connectivity index (χ0) is 17.4. The predicted molar refractivity (Wildman–Crippen MR) is 88.7 cm³/mol. The average Bonchev–Trinajstić information content (AvgIpc) is 3.06. The third kappa shape index (κ3) is 2.63. The Balaban J connectivity index is 1.74. The van der Waals surface area contributed by atoms with Crippen molar-refractivity contribution in [3.63, 3.8) is 0 Å². The van der Waals surface area contributed by atoms with Gasteiger partial charge in [-0.1, -0.05) is 35.5 Å². The van der Waals surface area contributed by atoms with Crippen LogP contribution in [0.15, 0.2) is 53.3 Å². The molecule has 2 heterocycles. The van der Waals surface area contributed by atoms with Gasteiger partial charge in [-0.15, -0.1) is 5.10 Å². The molecule has 0 aliphatic heterocycles. The van der Waals surface area contributed by atoms with Crippen LogP contribution >= 0.6 is 0 Å². The number of amides is 1. The minimum atomic E-state index is -0.562. The number of carbonyl (C=O) groups is 1. The summed E-state index contributed by atoms with van der Waals surface area (Å²) in [7, 11) is 0. The van der Waals surface area contributed by atoms with Crippen LogP contribution in [0.5, 0.6) is 0 Å². The number of nitrogens with one attached hydrogen (secondary N) is 2. The maximum absolute atomic E-state index is 13.3. The summed E-state index contributed by atoms with van der Waals surface area (Å²) in [5.41, 5.74) is 1.02. The van der Waals surface area contributed by atoms with E-state index in [0.717, 1.165) is 5.56 Å². The number of benzene rings is 2. The molecule has 0 saturated carbocycles. The molecule has 4 aromatic rings. The fourth-order valence-electron chi connectivity index (χ4n) is 2.64. The van der Waals surface area contributed by atoms with Crippen LogP contribution in [-0.4, -0.2) is 25.7 Å². The van der Waals surface area contributed by atoms with Gasteiger partial charge in [0.25, 0.3) is 11.5 Å². The number of aromatic amines is 1. The first-order valence-corrected chi connectivity index (χ1v) is 7.52. The first-order chi connectivity index (χ1) is 12.1. The summed E-state index contributed by atoms with van der Waals surface area (Å²) in [6.45, 7) is 0.301. The summed E-state index contributed by atoms with van der Waals surface area (Å²) in [6, 6.07) is 13.3. The van der Waals surface area contributed by atoms with E-state index >= 15 is 0 Å². The Hall–Kier alpha value is -3.55. The fraction of sp³-hybridized carbons (Fsp3) is 0.0588. The van der Waals surface area contributed by atoms with Gasteiger partial charge in [0.05, 0.1) is 11.0 Å². The van der Waals surface area contributed by atoms with Crippen LogP contribution in [0.25, 0.3) is 16.6 Å². The monoisotopic (exact) mass is 337 g/mol. The molecule has 4 rings (SSSR count). The Morgan fingerprint density at radius 1 is 1.20 bits per heavy atom. The van der Waals surface area contributed by atoms with Gasteiger partial charge in [0.1, 0.15) is 5.82 Å². The predicted octanol–water partition coefficient (Wildman–Crippen LogP) is 1.64. The number of hydrogen-bond acceptors (Lipinski definition) is 4. The molecule has 0 aliphatic rings. The van der Waals surface area contributed by atoms with Gasteiger partial charge >= 0.3 is 0 Å². The Kier molecular flexibility index (Phi) is 3.50. The molecule has 25 heavy (non-hydrogen) atoms. The van der Waals surface area contributed by atoms with E-state index in [9.17, 15) is 14.0 Å². The number of aromatic nitrogens is 4. The quantitative estimate of drug-likeness (QED) is 0.594. The normalized spacial score (nSPS) is 11.1. The molecule has 0 atom stereocenters. The smallest absolute Gasteiger partial charge is 0.277 e. The molecule has 1 amide bonds. The molecule has 2 N–H and O–H groups in total. The van der Waals surface area contributed by atoms with Crippen LogP contribution in [0.3, 0.4) is 0 Å². The van der Waals surface area contributed by atoms with E-state index in [1.54, 1.807) is 0 Å². The van der Waals surface area contributed by atoms with Gasteiger partial charge in [0.2, 0.25) is 0 Å². The molecular formula is C17H12FN5O2. The lowest BCUT2D eigenvalue weighted by Gasteiger charge is -2.04. The van der Waals surface area contributed by atoms with E-state index in [-0.39, 0.29) is 16.7 Å². The van der Waals surface area contributed by atoms with E-state index in [0.29, 0.717) is 12.1 Å². The Morgan fingerprint density at radius 3 is 2.80 bits per heavy atom. The van der Waals surface area contributed by atoms with Crippen LogP contribution in [0.2, 0.25) is 0 Å². The van der Waals surface area contributed by atoms with Gasteiger partial charge in [0.15, 0.2) is 11.2 Å². The number of carbonyl (C=O) groups excluding carboxylic acids is 1. The Labute approximate surface area is 140 Å². The summed E-state index contributed by atoms with van der Waals surface area (Å²) in [6.07, 6.45) is 0. The largest absolute Gasteiger partial charge is 0.346 e. The van der Waals surface area contributed by atoms with Crippen molar-refractivity contribution in [3.8, 4) is 0 Å². The fourth-order valence-corrected chi connectivity index (χ4v) is 2.64. The van der Waals surface area contributed by atoms with E-state index < -0.39 is 17.3 Å². The maximum atomic E-state index is 13.3. The molecule has 0 radical (unpaired) electrons. The lowest BCUT2D eigenvalue weighted by atomic mass is 10.2. The van der Waals surface area contributed by atoms with Gasteiger partial charge in [0, 0.05) is 6.54 Å². The van der Waals surface area contributed by atoms with Gasteiger partial charge in [-0.25, -0.2) is 8.91 Å². The zero-order valence-corrected chi connectivity index (χ0v) is 12.9. The first-order valence-electron chi connectivity index (χ1n) is 7.52. The molecular weight excluding hydrogens is 325 g/mol. The molecule has 8 heteroatoms. The van der Waals surface area contributed by atoms with Crippen molar-refractivity contribution in [1.29, 1.82) is 0 Å². The number of nitrogens with zero attached hydrogens (tertiary/aromatic N) is 3. The van der Waals surface area contributed by atoms with Gasteiger partial charge in [-0.3, -0.25) is 9.59 Å². The third-order valence-electron chi connectivity index (χ3n) is 3.83. The highest BCUT2D eigenvalue weighted by atomic mass is 19.1. The summed E-state index contributed by atoms with van der Waals surface area (Å²) in [4.78, 5) is 27.3. The third-order valence-corrected chi connectivity index (χ3v) is 3.83. The Morgan fingerprint density at radius 2 is 2.00 bits per heavy atom. The second kappa shape index (κ2) is 5.82. The van der Waals surface area contributed by atoms with Crippen LogP contribution in [0, 0.1) is 5.82 Å². The Bertz CT molecular complexity index is 1150. The molecule has 2 aromatic carbocycles. The van der Waals surface area contributed by atoms with Crippen LogP contribution in [0.1, 0.15) is 16.1 Å². The number of fused-ring (bicyclic) bond motifs is 3. The van der Waals surface area contributed by atoms with E-state index in [1.165, 1.54) is 22.7 Å². The second-order valence-electron chi connectivity index (χ2n) is 5.48. The van der Waals surface area contributed by atoms with Crippen molar-refractivity contribution in [1.82, 2.24) is 25.1 Å². The molecule has 0 bridgehead atoms. The van der Waals surface area contributed by atoms with E-state index in [2.05, 4.69) is 20.6 Å². The lowest BCUT2D eigenvalue weighted by molar-refractivity contribution is 0.0947. The van der Waals surface area contributed by atoms with Crippen molar-refractivity contribution in [2.75, 3.05) is 0 Å². The minimum Gasteiger partial charge on any atom is -0.346 e. The molecule has 0 fully saturated rings. The molecule has 0 spiro atoms. The lowest BCUT2D eigenvalue weighted by Crippen LogP contribution is -2.25.